The van der Waals surface area contributed by atoms with E-state index in [4.69, 9.17) is 11.6 Å². The number of carbonyl (C=O) groups is 4. The summed E-state index contributed by atoms with van der Waals surface area (Å²) < 4.78 is 0.709. The number of amides is 2. The third kappa shape index (κ3) is 3.59. The normalized spacial score (nSPS) is 26.7. The standard InChI is InChI=1S/C30H23BrClNO5/c1-13-3-5-16(11-22(13)32)33-29(37)18-7-6-17-19(26(18)30(33)38)12-21-24(35)9-14(2)28(36)27(21)25(17)20-10-15(31)4-8-23(20)34/h3-6,8-11,18-19,25-26,34H,7,12H2,1-2H3/t18-,19+,25+,26-/m0/s1. The highest BCUT2D eigenvalue weighted by atomic mass is 79.9. The van der Waals surface area contributed by atoms with E-state index in [0.29, 0.717) is 43.9 Å². The first-order valence-electron chi connectivity index (χ1n) is 12.4. The largest absolute Gasteiger partial charge is 0.508 e. The SMILES string of the molecule is CC1=CC(=O)C2=C(C1=O)[C@@H](c1cc(Br)ccc1O)C1=CC[C@@H]3C(=O)N(c4ccc(C)c(Cl)c4)C(=O)[C@@H]3[C@@H]1C2. The zero-order valence-corrected chi connectivity index (χ0v) is 23.0. The smallest absolute Gasteiger partial charge is 0.238 e. The van der Waals surface area contributed by atoms with Gasteiger partial charge in [0.1, 0.15) is 5.75 Å². The molecular weight excluding hydrogens is 570 g/mol. The third-order valence-electron chi connectivity index (χ3n) is 8.28. The van der Waals surface area contributed by atoms with E-state index >= 15 is 0 Å². The molecule has 1 fully saturated rings. The van der Waals surface area contributed by atoms with Crippen molar-refractivity contribution in [2.45, 2.75) is 32.6 Å². The molecule has 0 bridgehead atoms. The Morgan fingerprint density at radius 3 is 2.50 bits per heavy atom. The lowest BCUT2D eigenvalue weighted by atomic mass is 9.59. The van der Waals surface area contributed by atoms with Crippen LogP contribution >= 0.6 is 27.5 Å². The Morgan fingerprint density at radius 1 is 1.00 bits per heavy atom. The lowest BCUT2D eigenvalue weighted by Gasteiger charge is -2.42. The van der Waals surface area contributed by atoms with Gasteiger partial charge < -0.3 is 5.11 Å². The molecule has 0 aromatic heterocycles. The molecule has 8 heteroatoms. The summed E-state index contributed by atoms with van der Waals surface area (Å²) in [6.07, 6.45) is 3.78. The number of phenols is 1. The third-order valence-corrected chi connectivity index (χ3v) is 9.18. The second-order valence-corrected chi connectivity index (χ2v) is 11.7. The van der Waals surface area contributed by atoms with E-state index in [1.54, 1.807) is 43.3 Å². The highest BCUT2D eigenvalue weighted by molar-refractivity contribution is 9.10. The fraction of sp³-hybridized carbons (Fsp3) is 0.267. The van der Waals surface area contributed by atoms with Crippen LogP contribution in [0.15, 0.2) is 75.3 Å². The monoisotopic (exact) mass is 591 g/mol. The minimum Gasteiger partial charge on any atom is -0.508 e. The summed E-state index contributed by atoms with van der Waals surface area (Å²) in [6, 6.07) is 10.1. The Morgan fingerprint density at radius 2 is 1.76 bits per heavy atom. The van der Waals surface area contributed by atoms with Crippen molar-refractivity contribution in [3.63, 3.8) is 0 Å². The number of imide groups is 1. The van der Waals surface area contributed by atoms with E-state index < -0.39 is 23.7 Å². The van der Waals surface area contributed by atoms with Crippen LogP contribution in [0.25, 0.3) is 0 Å². The van der Waals surface area contributed by atoms with Gasteiger partial charge in [0.25, 0.3) is 0 Å². The number of Topliss-reactive ketones (excluding diaryl/α,β-unsaturated/α-hetero) is 1. The lowest BCUT2D eigenvalue weighted by Crippen LogP contribution is -2.39. The Labute approximate surface area is 232 Å². The number of ketones is 2. The summed E-state index contributed by atoms with van der Waals surface area (Å²) in [7, 11) is 0. The van der Waals surface area contributed by atoms with E-state index in [0.717, 1.165) is 11.1 Å². The van der Waals surface area contributed by atoms with Gasteiger partial charge in [0, 0.05) is 37.7 Å². The Bertz CT molecular complexity index is 1580. The molecule has 4 atom stereocenters. The van der Waals surface area contributed by atoms with Gasteiger partial charge in [-0.05, 0) is 74.6 Å². The molecule has 2 aromatic rings. The average molecular weight is 593 g/mol. The Balaban J connectivity index is 1.50. The number of aromatic hydroxyl groups is 1. The van der Waals surface area contributed by atoms with Crippen LogP contribution in [-0.2, 0) is 19.2 Å². The number of nitrogens with zero attached hydrogens (tertiary/aromatic N) is 1. The summed E-state index contributed by atoms with van der Waals surface area (Å²) in [5, 5.41) is 11.3. The number of hydrogen-bond acceptors (Lipinski definition) is 5. The number of halogens is 2. The second-order valence-electron chi connectivity index (χ2n) is 10.4. The molecule has 0 unspecified atom stereocenters. The topological polar surface area (TPSA) is 91.8 Å². The van der Waals surface area contributed by atoms with E-state index in [2.05, 4.69) is 15.9 Å². The quantitative estimate of drug-likeness (QED) is 0.272. The van der Waals surface area contributed by atoms with Crippen LogP contribution in [0.1, 0.15) is 36.8 Å². The maximum atomic E-state index is 13.9. The first kappa shape index (κ1) is 25.0. The highest BCUT2D eigenvalue weighted by Crippen LogP contribution is 2.56. The van der Waals surface area contributed by atoms with Crippen LogP contribution in [0.2, 0.25) is 5.02 Å². The van der Waals surface area contributed by atoms with E-state index in [1.165, 1.54) is 11.0 Å². The molecular formula is C30H23BrClNO5. The molecule has 6 rings (SSSR count). The average Bonchev–Trinajstić information content (AvgIpc) is 3.14. The molecule has 192 valence electrons. The molecule has 3 aliphatic carbocycles. The Hall–Kier alpha value is -3.29. The van der Waals surface area contributed by atoms with Crippen molar-refractivity contribution < 1.29 is 24.3 Å². The van der Waals surface area contributed by atoms with Crippen molar-refractivity contribution in [1.29, 1.82) is 0 Å². The first-order chi connectivity index (χ1) is 18.1. The van der Waals surface area contributed by atoms with Crippen molar-refractivity contribution in [3.05, 3.63) is 91.5 Å². The summed E-state index contributed by atoms with van der Waals surface area (Å²) in [4.78, 5) is 55.4. The van der Waals surface area contributed by atoms with Gasteiger partial charge in [-0.25, -0.2) is 4.90 Å². The molecule has 0 radical (unpaired) electrons. The van der Waals surface area contributed by atoms with Gasteiger partial charge in [0.15, 0.2) is 11.6 Å². The maximum Gasteiger partial charge on any atom is 0.238 e. The van der Waals surface area contributed by atoms with Gasteiger partial charge >= 0.3 is 0 Å². The van der Waals surface area contributed by atoms with Crippen molar-refractivity contribution in [2.24, 2.45) is 17.8 Å². The summed E-state index contributed by atoms with van der Waals surface area (Å²) in [5.74, 6) is -3.59. The number of rotatable bonds is 2. The van der Waals surface area contributed by atoms with Crippen LogP contribution in [0, 0.1) is 24.7 Å². The maximum absolute atomic E-state index is 13.9. The number of aryl methyl sites for hydroxylation is 1. The molecule has 2 aromatic carbocycles. The molecule has 1 heterocycles. The lowest BCUT2D eigenvalue weighted by molar-refractivity contribution is -0.123. The predicted molar refractivity (Wildman–Crippen MR) is 146 cm³/mol. The number of fused-ring (bicyclic) bond motifs is 3. The van der Waals surface area contributed by atoms with Gasteiger partial charge in [0.05, 0.1) is 17.5 Å². The van der Waals surface area contributed by atoms with Gasteiger partial charge in [-0.3, -0.25) is 19.2 Å². The van der Waals surface area contributed by atoms with E-state index in [1.807, 2.05) is 13.0 Å². The fourth-order valence-electron chi connectivity index (χ4n) is 6.45. The predicted octanol–water partition coefficient (Wildman–Crippen LogP) is 5.75. The fourth-order valence-corrected chi connectivity index (χ4v) is 7.00. The van der Waals surface area contributed by atoms with Crippen LogP contribution in [0.4, 0.5) is 5.69 Å². The second kappa shape index (κ2) is 8.89. The number of anilines is 1. The van der Waals surface area contributed by atoms with Gasteiger partial charge in [-0.1, -0.05) is 45.2 Å². The van der Waals surface area contributed by atoms with Crippen molar-refractivity contribution in [2.75, 3.05) is 4.90 Å². The summed E-state index contributed by atoms with van der Waals surface area (Å²) >= 11 is 9.77. The number of benzene rings is 2. The van der Waals surface area contributed by atoms with Crippen LogP contribution in [0.5, 0.6) is 5.75 Å². The number of hydrogen-bond donors (Lipinski definition) is 1. The van der Waals surface area contributed by atoms with Crippen LogP contribution in [0.3, 0.4) is 0 Å². The summed E-state index contributed by atoms with van der Waals surface area (Å²) in [6.45, 7) is 3.46. The molecule has 0 spiro atoms. The summed E-state index contributed by atoms with van der Waals surface area (Å²) in [5.41, 5.74) is 3.58. The molecule has 0 saturated carbocycles. The highest BCUT2D eigenvalue weighted by Gasteiger charge is 2.56. The molecule has 6 nitrogen and oxygen atoms in total. The molecule has 1 saturated heterocycles. The first-order valence-corrected chi connectivity index (χ1v) is 13.6. The van der Waals surface area contributed by atoms with Crippen molar-refractivity contribution >= 4 is 56.6 Å². The van der Waals surface area contributed by atoms with Crippen molar-refractivity contribution in [3.8, 4) is 5.75 Å². The van der Waals surface area contributed by atoms with E-state index in [9.17, 15) is 24.3 Å². The van der Waals surface area contributed by atoms with Gasteiger partial charge in [-0.15, -0.1) is 0 Å². The van der Waals surface area contributed by atoms with Gasteiger partial charge in [-0.2, -0.15) is 0 Å². The van der Waals surface area contributed by atoms with E-state index in [-0.39, 0.29) is 35.6 Å². The number of carbonyl (C=O) groups excluding carboxylic acids is 4. The zero-order chi connectivity index (χ0) is 27.0. The van der Waals surface area contributed by atoms with Gasteiger partial charge in [0.2, 0.25) is 11.8 Å². The van der Waals surface area contributed by atoms with Crippen LogP contribution in [-0.4, -0.2) is 28.5 Å². The molecule has 4 aliphatic rings. The minimum absolute atomic E-state index is 0.00840. The van der Waals surface area contributed by atoms with Crippen molar-refractivity contribution in [1.82, 2.24) is 0 Å². The molecule has 1 aliphatic heterocycles. The number of phenolic OH excluding ortho intramolecular Hbond substituents is 1. The minimum atomic E-state index is -0.701. The molecule has 2 amide bonds. The Kier molecular flexibility index (Phi) is 5.85. The number of allylic oxidation sites excluding steroid dienone is 6. The molecule has 1 N–H and O–H groups in total. The van der Waals surface area contributed by atoms with Crippen LogP contribution < -0.4 is 4.90 Å². The zero-order valence-electron chi connectivity index (χ0n) is 20.6. The molecule has 38 heavy (non-hydrogen) atoms.